The predicted molar refractivity (Wildman–Crippen MR) is 77.6 cm³/mol. The molecule has 0 aliphatic heterocycles. The molecule has 1 N–H and O–H groups in total. The number of aromatic nitrogens is 4. The van der Waals surface area contributed by atoms with Crippen molar-refractivity contribution in [1.82, 2.24) is 19.7 Å². The summed E-state index contributed by atoms with van der Waals surface area (Å²) in [7, 11) is 0. The summed E-state index contributed by atoms with van der Waals surface area (Å²) in [4.78, 5) is 7.97. The molecule has 0 aliphatic rings. The zero-order valence-electron chi connectivity index (χ0n) is 11.1. The fourth-order valence-electron chi connectivity index (χ4n) is 2.04. The van der Waals surface area contributed by atoms with Crippen molar-refractivity contribution in [2.75, 3.05) is 5.32 Å². The normalized spacial score (nSPS) is 12.1. The molecule has 0 radical (unpaired) electrons. The Balaban J connectivity index is 1.72. The Bertz CT molecular complexity index is 647. The molecule has 1 aromatic carbocycles. The van der Waals surface area contributed by atoms with Crippen molar-refractivity contribution in [2.24, 2.45) is 0 Å². The number of hydrogen-bond donors (Lipinski definition) is 1. The third-order valence-corrected chi connectivity index (χ3v) is 3.14. The average molecular weight is 265 g/mol. The van der Waals surface area contributed by atoms with E-state index < -0.39 is 0 Å². The Hall–Kier alpha value is -2.69. The van der Waals surface area contributed by atoms with Crippen LogP contribution in [0.15, 0.2) is 61.4 Å². The van der Waals surface area contributed by atoms with Gasteiger partial charge in [-0.1, -0.05) is 0 Å². The van der Waals surface area contributed by atoms with E-state index in [1.807, 2.05) is 36.4 Å². The first-order valence-corrected chi connectivity index (χ1v) is 6.44. The number of hydrogen-bond acceptors (Lipinski definition) is 4. The molecule has 20 heavy (non-hydrogen) atoms. The van der Waals surface area contributed by atoms with Gasteiger partial charge in [-0.25, -0.2) is 9.67 Å². The molecule has 5 nitrogen and oxygen atoms in total. The van der Waals surface area contributed by atoms with Crippen molar-refractivity contribution in [1.29, 1.82) is 0 Å². The van der Waals surface area contributed by atoms with E-state index in [0.717, 1.165) is 11.4 Å². The maximum Gasteiger partial charge on any atom is 0.138 e. The molecule has 100 valence electrons. The summed E-state index contributed by atoms with van der Waals surface area (Å²) in [6.45, 7) is 2.13. The van der Waals surface area contributed by atoms with E-state index in [1.165, 1.54) is 11.9 Å². The number of anilines is 1. The molecule has 0 saturated heterocycles. The number of rotatable bonds is 4. The minimum atomic E-state index is 0.232. The Morgan fingerprint density at radius 2 is 1.75 bits per heavy atom. The highest BCUT2D eigenvalue weighted by Crippen LogP contribution is 2.19. The van der Waals surface area contributed by atoms with Gasteiger partial charge in [-0.2, -0.15) is 5.10 Å². The van der Waals surface area contributed by atoms with Gasteiger partial charge in [-0.05, 0) is 48.9 Å². The maximum absolute atomic E-state index is 4.10. The molecular weight excluding hydrogens is 250 g/mol. The van der Waals surface area contributed by atoms with Crippen LogP contribution in [0, 0.1) is 0 Å². The summed E-state index contributed by atoms with van der Waals surface area (Å²) in [6, 6.07) is 12.4. The lowest BCUT2D eigenvalue weighted by molar-refractivity contribution is 0.871. The highest BCUT2D eigenvalue weighted by molar-refractivity contribution is 5.49. The fraction of sp³-hybridized carbons (Fsp3) is 0.133. The molecular formula is C15H15N5. The molecule has 3 aromatic rings. The van der Waals surface area contributed by atoms with Crippen LogP contribution in [0.5, 0.6) is 0 Å². The first-order valence-electron chi connectivity index (χ1n) is 6.44. The molecule has 1 atom stereocenters. The summed E-state index contributed by atoms with van der Waals surface area (Å²) in [5.74, 6) is 0. The Morgan fingerprint density at radius 1 is 1.00 bits per heavy atom. The highest BCUT2D eigenvalue weighted by atomic mass is 15.3. The van der Waals surface area contributed by atoms with Crippen LogP contribution in [-0.2, 0) is 0 Å². The molecule has 1 unspecified atom stereocenters. The Labute approximate surface area is 117 Å². The zero-order chi connectivity index (χ0) is 13.8. The molecule has 5 heteroatoms. The topological polar surface area (TPSA) is 55.6 Å². The third-order valence-electron chi connectivity index (χ3n) is 3.14. The van der Waals surface area contributed by atoms with Crippen molar-refractivity contribution in [3.8, 4) is 5.69 Å². The monoisotopic (exact) mass is 265 g/mol. The molecule has 0 bridgehead atoms. The number of nitrogens with one attached hydrogen (secondary N) is 1. The van der Waals surface area contributed by atoms with Crippen molar-refractivity contribution in [2.45, 2.75) is 13.0 Å². The lowest BCUT2D eigenvalue weighted by atomic mass is 10.1. The summed E-state index contributed by atoms with van der Waals surface area (Å²) in [5.41, 5.74) is 3.27. The molecule has 0 aliphatic carbocycles. The van der Waals surface area contributed by atoms with Crippen LogP contribution in [0.3, 0.4) is 0 Å². The van der Waals surface area contributed by atoms with Crippen LogP contribution in [-0.4, -0.2) is 19.7 Å². The Kier molecular flexibility index (Phi) is 3.41. The van der Waals surface area contributed by atoms with Gasteiger partial charge in [0.1, 0.15) is 12.7 Å². The van der Waals surface area contributed by atoms with Crippen molar-refractivity contribution in [3.05, 3.63) is 67.0 Å². The second-order valence-corrected chi connectivity index (χ2v) is 4.53. The third kappa shape index (κ3) is 2.66. The van der Waals surface area contributed by atoms with E-state index >= 15 is 0 Å². The molecule has 3 rings (SSSR count). The van der Waals surface area contributed by atoms with Gasteiger partial charge in [0.15, 0.2) is 0 Å². The minimum absolute atomic E-state index is 0.232. The van der Waals surface area contributed by atoms with E-state index in [0.29, 0.717) is 0 Å². The van der Waals surface area contributed by atoms with Gasteiger partial charge in [-0.15, -0.1) is 0 Å². The number of nitrogens with zero attached hydrogens (tertiary/aromatic N) is 4. The van der Waals surface area contributed by atoms with E-state index in [4.69, 9.17) is 0 Å². The standard InChI is InChI=1S/C15H15N5/c1-12(13-6-8-16-9-7-13)19-14-2-4-15(5-3-14)20-11-17-10-18-20/h2-12,19H,1H3. The minimum Gasteiger partial charge on any atom is -0.379 e. The molecule has 0 amide bonds. The summed E-state index contributed by atoms with van der Waals surface area (Å²) in [6.07, 6.45) is 6.82. The van der Waals surface area contributed by atoms with E-state index in [2.05, 4.69) is 27.3 Å². The van der Waals surface area contributed by atoms with Gasteiger partial charge in [-0.3, -0.25) is 4.98 Å². The van der Waals surface area contributed by atoms with Gasteiger partial charge >= 0.3 is 0 Å². The van der Waals surface area contributed by atoms with E-state index in [1.54, 1.807) is 23.4 Å². The van der Waals surface area contributed by atoms with Crippen LogP contribution >= 0.6 is 0 Å². The molecule has 0 saturated carbocycles. The lowest BCUT2D eigenvalue weighted by Gasteiger charge is -2.15. The van der Waals surface area contributed by atoms with Gasteiger partial charge in [0.05, 0.1) is 5.69 Å². The van der Waals surface area contributed by atoms with Crippen molar-refractivity contribution < 1.29 is 0 Å². The Morgan fingerprint density at radius 3 is 2.40 bits per heavy atom. The van der Waals surface area contributed by atoms with Gasteiger partial charge in [0.2, 0.25) is 0 Å². The van der Waals surface area contributed by atoms with Gasteiger partial charge in [0.25, 0.3) is 0 Å². The fourth-order valence-corrected chi connectivity index (χ4v) is 2.04. The van der Waals surface area contributed by atoms with Crippen molar-refractivity contribution >= 4 is 5.69 Å². The quantitative estimate of drug-likeness (QED) is 0.788. The maximum atomic E-state index is 4.10. The van der Waals surface area contributed by atoms with Gasteiger partial charge in [0, 0.05) is 24.1 Å². The molecule has 2 aromatic heterocycles. The summed E-state index contributed by atoms with van der Waals surface area (Å²) in [5, 5.41) is 7.56. The van der Waals surface area contributed by atoms with Gasteiger partial charge < -0.3 is 5.32 Å². The second-order valence-electron chi connectivity index (χ2n) is 4.53. The van der Waals surface area contributed by atoms with Crippen LogP contribution in [0.25, 0.3) is 5.69 Å². The highest BCUT2D eigenvalue weighted by Gasteiger charge is 2.05. The summed E-state index contributed by atoms with van der Waals surface area (Å²) < 4.78 is 1.73. The summed E-state index contributed by atoms with van der Waals surface area (Å²) >= 11 is 0. The molecule has 2 heterocycles. The first-order chi connectivity index (χ1) is 9.83. The average Bonchev–Trinajstić information content (AvgIpc) is 3.03. The van der Waals surface area contributed by atoms with Crippen LogP contribution < -0.4 is 5.32 Å². The van der Waals surface area contributed by atoms with Crippen LogP contribution in [0.4, 0.5) is 5.69 Å². The predicted octanol–water partition coefficient (Wildman–Crippen LogP) is 2.84. The lowest BCUT2D eigenvalue weighted by Crippen LogP contribution is -2.06. The largest absolute Gasteiger partial charge is 0.379 e. The zero-order valence-corrected chi connectivity index (χ0v) is 11.1. The first kappa shape index (κ1) is 12.3. The number of pyridine rings is 1. The van der Waals surface area contributed by atoms with Crippen LogP contribution in [0.2, 0.25) is 0 Å². The smallest absolute Gasteiger partial charge is 0.138 e. The van der Waals surface area contributed by atoms with E-state index in [9.17, 15) is 0 Å². The molecule has 0 spiro atoms. The number of benzene rings is 1. The SMILES string of the molecule is CC(Nc1ccc(-n2cncn2)cc1)c1ccncc1. The van der Waals surface area contributed by atoms with Crippen LogP contribution in [0.1, 0.15) is 18.5 Å². The van der Waals surface area contributed by atoms with Crippen molar-refractivity contribution in [3.63, 3.8) is 0 Å². The second kappa shape index (κ2) is 5.52. The molecule has 0 fully saturated rings. The van der Waals surface area contributed by atoms with E-state index in [-0.39, 0.29) is 6.04 Å².